The highest BCUT2D eigenvalue weighted by molar-refractivity contribution is 5.93. The highest BCUT2D eigenvalue weighted by Gasteiger charge is 2.76. The summed E-state index contributed by atoms with van der Waals surface area (Å²) >= 11 is 0. The Kier molecular flexibility index (Phi) is 2.98. The first kappa shape index (κ1) is 16.1. The summed E-state index contributed by atoms with van der Waals surface area (Å²) in [7, 11) is 0. The van der Waals surface area contributed by atoms with Gasteiger partial charge in [-0.15, -0.1) is 0 Å². The first-order valence-electron chi connectivity index (χ1n) is 10.1. The predicted molar refractivity (Wildman–Crippen MR) is 91.5 cm³/mol. The predicted octanol–water partition coefficient (Wildman–Crippen LogP) is 3.87. The van der Waals surface area contributed by atoms with E-state index < -0.39 is 16.4 Å². The lowest BCUT2D eigenvalue weighted by Gasteiger charge is -2.56. The molecule has 1 saturated heterocycles. The van der Waals surface area contributed by atoms with Crippen molar-refractivity contribution < 1.29 is 19.1 Å². The molecule has 4 heteroatoms. The van der Waals surface area contributed by atoms with Crippen molar-refractivity contribution in [1.29, 1.82) is 0 Å². The first-order chi connectivity index (χ1) is 11.7. The van der Waals surface area contributed by atoms with E-state index in [0.717, 1.165) is 17.8 Å². The van der Waals surface area contributed by atoms with Gasteiger partial charge in [0.2, 0.25) is 5.60 Å². The van der Waals surface area contributed by atoms with Crippen molar-refractivity contribution in [3.05, 3.63) is 0 Å². The topological polar surface area (TPSA) is 52.6 Å². The molecule has 0 aromatic rings. The summed E-state index contributed by atoms with van der Waals surface area (Å²) in [6.45, 7) is 6.46. The molecule has 0 aromatic heterocycles. The molecule has 6 fully saturated rings. The number of fused-ring (bicyclic) bond motifs is 2. The van der Waals surface area contributed by atoms with Crippen molar-refractivity contribution in [2.45, 2.75) is 77.7 Å². The Labute approximate surface area is 150 Å². The van der Waals surface area contributed by atoms with Gasteiger partial charge in [0.05, 0.1) is 12.0 Å². The van der Waals surface area contributed by atoms with Crippen LogP contribution in [0.2, 0.25) is 0 Å². The van der Waals surface area contributed by atoms with E-state index in [0.29, 0.717) is 19.4 Å². The molecule has 6 bridgehead atoms. The minimum absolute atomic E-state index is 0.204. The van der Waals surface area contributed by atoms with Gasteiger partial charge in [-0.1, -0.05) is 13.8 Å². The number of hydrogen-bond acceptors (Lipinski definition) is 4. The summed E-state index contributed by atoms with van der Waals surface area (Å²) in [5.41, 5.74) is -1.93. The van der Waals surface area contributed by atoms with Gasteiger partial charge in [-0.05, 0) is 76.0 Å². The molecule has 2 unspecified atom stereocenters. The van der Waals surface area contributed by atoms with Crippen LogP contribution >= 0.6 is 0 Å². The number of carbonyl (C=O) groups excluding carboxylic acids is 2. The van der Waals surface area contributed by atoms with E-state index >= 15 is 0 Å². The molecule has 0 amide bonds. The Hall–Kier alpha value is -1.06. The Bertz CT molecular complexity index is 615. The fourth-order valence-electron chi connectivity index (χ4n) is 7.50. The van der Waals surface area contributed by atoms with Crippen molar-refractivity contribution in [2.24, 2.45) is 34.0 Å². The minimum atomic E-state index is -1.07. The molecular formula is C21H30O4. The van der Waals surface area contributed by atoms with Crippen molar-refractivity contribution >= 4 is 11.9 Å². The third kappa shape index (κ3) is 1.84. The second kappa shape index (κ2) is 4.61. The van der Waals surface area contributed by atoms with Crippen LogP contribution in [0.3, 0.4) is 0 Å². The van der Waals surface area contributed by atoms with Crippen LogP contribution in [0.5, 0.6) is 0 Å². The Balaban J connectivity index is 1.34. The van der Waals surface area contributed by atoms with Gasteiger partial charge in [-0.25, -0.2) is 4.79 Å². The summed E-state index contributed by atoms with van der Waals surface area (Å²) < 4.78 is 11.6. The van der Waals surface area contributed by atoms with Gasteiger partial charge in [0.15, 0.2) is 0 Å². The van der Waals surface area contributed by atoms with Gasteiger partial charge in [0, 0.05) is 10.8 Å². The Morgan fingerprint density at radius 3 is 2.04 bits per heavy atom. The molecule has 0 spiro atoms. The van der Waals surface area contributed by atoms with Crippen molar-refractivity contribution in [2.75, 3.05) is 6.61 Å². The second-order valence-corrected chi connectivity index (χ2v) is 10.7. The zero-order valence-electron chi connectivity index (χ0n) is 15.7. The molecule has 4 nitrogen and oxygen atoms in total. The molecule has 25 heavy (non-hydrogen) atoms. The van der Waals surface area contributed by atoms with Gasteiger partial charge in [-0.2, -0.15) is 0 Å². The molecule has 138 valence electrons. The lowest BCUT2D eigenvalue weighted by atomic mass is 9.50. The summed E-state index contributed by atoms with van der Waals surface area (Å²) in [6, 6.07) is 0. The second-order valence-electron chi connectivity index (χ2n) is 10.7. The van der Waals surface area contributed by atoms with E-state index in [4.69, 9.17) is 9.47 Å². The van der Waals surface area contributed by atoms with Crippen LogP contribution in [0.4, 0.5) is 0 Å². The van der Waals surface area contributed by atoms with Crippen molar-refractivity contribution in [3.8, 4) is 0 Å². The van der Waals surface area contributed by atoms with Crippen LogP contribution < -0.4 is 0 Å². The standard InChI is InChI=1S/C21H30O4/c1-18(2)19(3)4-5-21(18,25-16(19)22)17(23)24-12-20-9-13-6-14(10-20)8-15(7-13)11-20/h13-15H,4-12H2,1-3H3. The van der Waals surface area contributed by atoms with Gasteiger partial charge >= 0.3 is 11.9 Å². The van der Waals surface area contributed by atoms with Crippen LogP contribution in [0, 0.1) is 34.0 Å². The Morgan fingerprint density at radius 1 is 1.04 bits per heavy atom. The highest BCUT2D eigenvalue weighted by atomic mass is 16.6. The Morgan fingerprint density at radius 2 is 1.60 bits per heavy atom. The molecule has 1 aliphatic heterocycles. The van der Waals surface area contributed by atoms with E-state index in [1.807, 2.05) is 20.8 Å². The zero-order chi connectivity index (χ0) is 17.7. The lowest BCUT2D eigenvalue weighted by Crippen LogP contribution is -2.52. The van der Waals surface area contributed by atoms with Gasteiger partial charge in [0.1, 0.15) is 0 Å². The van der Waals surface area contributed by atoms with E-state index in [-0.39, 0.29) is 17.4 Å². The SMILES string of the molecule is CC12CCC(C(=O)OCC34CC5CC(CC(C5)C3)C4)(OC1=O)C2(C)C. The first-order valence-corrected chi connectivity index (χ1v) is 10.1. The average molecular weight is 346 g/mol. The van der Waals surface area contributed by atoms with Crippen molar-refractivity contribution in [1.82, 2.24) is 0 Å². The van der Waals surface area contributed by atoms with E-state index in [1.165, 1.54) is 38.5 Å². The summed E-state index contributed by atoms with van der Waals surface area (Å²) in [5.74, 6) is 2.02. The number of rotatable bonds is 3. The summed E-state index contributed by atoms with van der Waals surface area (Å²) in [4.78, 5) is 25.5. The van der Waals surface area contributed by atoms with E-state index in [2.05, 4.69) is 0 Å². The third-order valence-corrected chi connectivity index (χ3v) is 9.09. The fraction of sp³-hybridized carbons (Fsp3) is 0.905. The number of carbonyl (C=O) groups is 2. The molecule has 1 heterocycles. The van der Waals surface area contributed by atoms with Crippen molar-refractivity contribution in [3.63, 3.8) is 0 Å². The summed E-state index contributed by atoms with van der Waals surface area (Å²) in [6.07, 6.45) is 9.15. The minimum Gasteiger partial charge on any atom is -0.462 e. The molecule has 5 saturated carbocycles. The fourth-order valence-corrected chi connectivity index (χ4v) is 7.50. The van der Waals surface area contributed by atoms with E-state index in [9.17, 15) is 9.59 Å². The van der Waals surface area contributed by atoms with Gasteiger partial charge in [-0.3, -0.25) is 4.79 Å². The zero-order valence-corrected chi connectivity index (χ0v) is 15.7. The lowest BCUT2D eigenvalue weighted by molar-refractivity contribution is -0.189. The number of esters is 2. The maximum absolute atomic E-state index is 13.1. The number of hydrogen-bond donors (Lipinski definition) is 0. The van der Waals surface area contributed by atoms with Crippen LogP contribution in [0.15, 0.2) is 0 Å². The molecule has 2 atom stereocenters. The monoisotopic (exact) mass is 346 g/mol. The highest BCUT2D eigenvalue weighted by Crippen LogP contribution is 2.66. The molecule has 0 radical (unpaired) electrons. The van der Waals surface area contributed by atoms with E-state index in [1.54, 1.807) is 0 Å². The molecule has 6 rings (SSSR count). The van der Waals surface area contributed by atoms with Gasteiger partial charge < -0.3 is 9.47 Å². The maximum Gasteiger partial charge on any atom is 0.351 e. The smallest absolute Gasteiger partial charge is 0.351 e. The average Bonchev–Trinajstić information content (AvgIpc) is 2.82. The quantitative estimate of drug-likeness (QED) is 0.728. The molecule has 0 N–H and O–H groups in total. The number of ether oxygens (including phenoxy) is 2. The third-order valence-electron chi connectivity index (χ3n) is 9.09. The summed E-state index contributed by atoms with van der Waals surface area (Å²) in [5, 5.41) is 0. The molecule has 0 aromatic carbocycles. The van der Waals surface area contributed by atoms with Gasteiger partial charge in [0.25, 0.3) is 0 Å². The van der Waals surface area contributed by atoms with Crippen LogP contribution in [0.25, 0.3) is 0 Å². The maximum atomic E-state index is 13.1. The molecule has 6 aliphatic rings. The van der Waals surface area contributed by atoms with Crippen LogP contribution in [-0.4, -0.2) is 24.1 Å². The molecule has 5 aliphatic carbocycles. The largest absolute Gasteiger partial charge is 0.462 e. The van der Waals surface area contributed by atoms with Crippen LogP contribution in [-0.2, 0) is 19.1 Å². The molecular weight excluding hydrogens is 316 g/mol. The van der Waals surface area contributed by atoms with Crippen LogP contribution in [0.1, 0.15) is 72.1 Å². The normalized spacial score (nSPS) is 51.6.